The van der Waals surface area contributed by atoms with E-state index < -0.39 is 0 Å². The van der Waals surface area contributed by atoms with Gasteiger partial charge in [-0.15, -0.1) is 0 Å². The maximum atomic E-state index is 8.99. The molecule has 3 rings (SSSR count). The average Bonchev–Trinajstić information content (AvgIpc) is 2.83. The summed E-state index contributed by atoms with van der Waals surface area (Å²) in [4.78, 5) is 4.09. The number of rotatable bonds is 1. The van der Waals surface area contributed by atoms with Crippen LogP contribution in [0, 0.1) is 17.2 Å². The van der Waals surface area contributed by atoms with Crippen molar-refractivity contribution in [2.24, 2.45) is 5.92 Å². The van der Waals surface area contributed by atoms with Gasteiger partial charge in [-0.05, 0) is 48.9 Å². The van der Waals surface area contributed by atoms with Crippen molar-refractivity contribution in [3.8, 4) is 6.07 Å². The molecule has 0 aromatic carbocycles. The van der Waals surface area contributed by atoms with Gasteiger partial charge in [0.15, 0.2) is 0 Å². The summed E-state index contributed by atoms with van der Waals surface area (Å²) in [5.74, 6) is 0.704. The van der Waals surface area contributed by atoms with Gasteiger partial charge in [-0.1, -0.05) is 17.7 Å². The second-order valence-electron chi connectivity index (χ2n) is 4.95. The van der Waals surface area contributed by atoms with Gasteiger partial charge in [0.05, 0.1) is 5.56 Å². The Kier molecular flexibility index (Phi) is 3.07. The first-order chi connectivity index (χ1) is 8.78. The lowest BCUT2D eigenvalue weighted by atomic mass is 9.92. The number of nitrogens with zero attached hydrogens (tertiary/aromatic N) is 2. The Morgan fingerprint density at radius 2 is 2.39 bits per heavy atom. The highest BCUT2D eigenvalue weighted by Gasteiger charge is 2.30. The number of hydrogen-bond donors (Lipinski definition) is 1. The minimum atomic E-state index is 0.287. The van der Waals surface area contributed by atoms with Crippen LogP contribution in [0.15, 0.2) is 18.3 Å². The topological polar surface area (TPSA) is 48.7 Å². The molecule has 18 heavy (non-hydrogen) atoms. The van der Waals surface area contributed by atoms with Gasteiger partial charge >= 0.3 is 0 Å². The van der Waals surface area contributed by atoms with Crippen LogP contribution < -0.4 is 5.32 Å². The van der Waals surface area contributed by atoms with Crippen LogP contribution in [0.2, 0.25) is 5.15 Å². The van der Waals surface area contributed by atoms with Crippen molar-refractivity contribution < 1.29 is 0 Å². The predicted molar refractivity (Wildman–Crippen MR) is 71.1 cm³/mol. The first kappa shape index (κ1) is 11.7. The summed E-state index contributed by atoms with van der Waals surface area (Å²) in [6, 6.07) is 4.43. The highest BCUT2D eigenvalue weighted by atomic mass is 35.5. The summed E-state index contributed by atoms with van der Waals surface area (Å²) < 4.78 is 0. The molecule has 1 N–H and O–H groups in total. The fraction of sp³-hybridized carbons (Fsp3) is 0.429. The fourth-order valence-corrected chi connectivity index (χ4v) is 3.03. The van der Waals surface area contributed by atoms with Crippen LogP contribution in [-0.4, -0.2) is 17.6 Å². The van der Waals surface area contributed by atoms with Gasteiger partial charge in [-0.3, -0.25) is 0 Å². The van der Waals surface area contributed by atoms with E-state index in [4.69, 9.17) is 16.9 Å². The molecule has 1 saturated heterocycles. The van der Waals surface area contributed by atoms with Crippen LogP contribution in [0.1, 0.15) is 30.4 Å². The molecule has 2 atom stereocenters. The summed E-state index contributed by atoms with van der Waals surface area (Å²) in [5.41, 5.74) is 2.78. The Labute approximate surface area is 111 Å². The van der Waals surface area contributed by atoms with Gasteiger partial charge in [0.2, 0.25) is 0 Å². The zero-order chi connectivity index (χ0) is 12.5. The standard InChI is InChI=1S/C14H14ClN3/c15-14-11(7-16)5-12(8-18-14)10-4-9-2-1-3-17-13(9)6-10/h5-6,8-9,13,17H,1-4H2/t9-,13+/m1/s1. The third kappa shape index (κ3) is 2.03. The van der Waals surface area contributed by atoms with Crippen molar-refractivity contribution in [3.05, 3.63) is 34.6 Å². The van der Waals surface area contributed by atoms with Crippen LogP contribution in [-0.2, 0) is 0 Å². The first-order valence-electron chi connectivity index (χ1n) is 6.28. The van der Waals surface area contributed by atoms with E-state index >= 15 is 0 Å². The lowest BCUT2D eigenvalue weighted by Crippen LogP contribution is -2.37. The van der Waals surface area contributed by atoms with E-state index in [0.717, 1.165) is 18.5 Å². The Hall–Kier alpha value is -1.37. The van der Waals surface area contributed by atoms with Gasteiger partial charge in [0.25, 0.3) is 0 Å². The number of nitriles is 1. The van der Waals surface area contributed by atoms with Gasteiger partial charge in [-0.25, -0.2) is 4.98 Å². The summed E-state index contributed by atoms with van der Waals surface area (Å²) in [5, 5.41) is 12.8. The molecular formula is C14H14ClN3. The first-order valence-corrected chi connectivity index (χ1v) is 6.66. The van der Waals surface area contributed by atoms with Crippen molar-refractivity contribution in [1.82, 2.24) is 10.3 Å². The third-order valence-corrected chi connectivity index (χ3v) is 4.13. The number of piperidine rings is 1. The predicted octanol–water partition coefficient (Wildman–Crippen LogP) is 2.76. The molecule has 0 saturated carbocycles. The molecule has 1 fully saturated rings. The normalized spacial score (nSPS) is 26.3. The van der Waals surface area contributed by atoms with Crippen LogP contribution in [0.25, 0.3) is 5.57 Å². The van der Waals surface area contributed by atoms with Crippen LogP contribution >= 0.6 is 11.6 Å². The number of aromatic nitrogens is 1. The monoisotopic (exact) mass is 259 g/mol. The van der Waals surface area contributed by atoms with E-state index in [-0.39, 0.29) is 5.15 Å². The van der Waals surface area contributed by atoms with Crippen LogP contribution in [0.4, 0.5) is 0 Å². The molecule has 1 aliphatic heterocycles. The molecule has 2 heterocycles. The van der Waals surface area contributed by atoms with Gasteiger partial charge in [0.1, 0.15) is 11.2 Å². The lowest BCUT2D eigenvalue weighted by molar-refractivity contribution is 0.341. The van der Waals surface area contributed by atoms with Crippen molar-refractivity contribution in [2.45, 2.75) is 25.3 Å². The summed E-state index contributed by atoms with van der Waals surface area (Å²) >= 11 is 5.86. The molecule has 3 nitrogen and oxygen atoms in total. The highest BCUT2D eigenvalue weighted by molar-refractivity contribution is 6.30. The number of halogens is 1. The van der Waals surface area contributed by atoms with Crippen LogP contribution in [0.3, 0.4) is 0 Å². The highest BCUT2D eigenvalue weighted by Crippen LogP contribution is 2.37. The van der Waals surface area contributed by atoms with Crippen molar-refractivity contribution in [2.75, 3.05) is 6.54 Å². The van der Waals surface area contributed by atoms with E-state index in [1.165, 1.54) is 18.4 Å². The van der Waals surface area contributed by atoms with Crippen LogP contribution in [0.5, 0.6) is 0 Å². The third-order valence-electron chi connectivity index (χ3n) is 3.83. The van der Waals surface area contributed by atoms with E-state index in [1.54, 1.807) is 6.20 Å². The zero-order valence-corrected chi connectivity index (χ0v) is 10.7. The molecule has 1 aromatic rings. The maximum absolute atomic E-state index is 8.99. The quantitative estimate of drug-likeness (QED) is 0.789. The number of pyridine rings is 1. The van der Waals surface area contributed by atoms with E-state index in [2.05, 4.69) is 22.4 Å². The number of hydrogen-bond acceptors (Lipinski definition) is 3. The summed E-state index contributed by atoms with van der Waals surface area (Å²) in [6.45, 7) is 1.10. The van der Waals surface area contributed by atoms with Crippen molar-refractivity contribution in [3.63, 3.8) is 0 Å². The number of allylic oxidation sites excluding steroid dienone is 1. The summed E-state index contributed by atoms with van der Waals surface area (Å²) in [6.07, 6.45) is 7.67. The van der Waals surface area contributed by atoms with E-state index in [1.807, 2.05) is 6.07 Å². The molecule has 0 unspecified atom stereocenters. The zero-order valence-electron chi connectivity index (χ0n) is 9.99. The average molecular weight is 260 g/mol. The SMILES string of the molecule is N#Cc1cc(C2=C[C@@H]3NCCC[C@@H]3C2)cnc1Cl. The second kappa shape index (κ2) is 4.72. The number of fused-ring (bicyclic) bond motifs is 1. The molecule has 1 aliphatic carbocycles. The molecule has 0 spiro atoms. The molecule has 2 aliphatic rings. The van der Waals surface area contributed by atoms with Gasteiger partial charge in [-0.2, -0.15) is 5.26 Å². The lowest BCUT2D eigenvalue weighted by Gasteiger charge is -2.25. The molecular weight excluding hydrogens is 246 g/mol. The minimum Gasteiger partial charge on any atom is -0.310 e. The Balaban J connectivity index is 1.90. The molecule has 1 aromatic heterocycles. The van der Waals surface area contributed by atoms with Crippen molar-refractivity contribution >= 4 is 17.2 Å². The number of nitrogens with one attached hydrogen (secondary N) is 1. The van der Waals surface area contributed by atoms with Crippen molar-refractivity contribution in [1.29, 1.82) is 5.26 Å². The maximum Gasteiger partial charge on any atom is 0.146 e. The molecule has 0 bridgehead atoms. The fourth-order valence-electron chi connectivity index (χ4n) is 2.89. The minimum absolute atomic E-state index is 0.287. The second-order valence-corrected chi connectivity index (χ2v) is 5.31. The van der Waals surface area contributed by atoms with Gasteiger partial charge < -0.3 is 5.32 Å². The molecule has 0 radical (unpaired) electrons. The molecule has 0 amide bonds. The molecule has 92 valence electrons. The van der Waals surface area contributed by atoms with Gasteiger partial charge in [0, 0.05) is 12.2 Å². The molecule has 4 heteroatoms. The van der Waals surface area contributed by atoms with E-state index in [9.17, 15) is 0 Å². The largest absolute Gasteiger partial charge is 0.310 e. The Morgan fingerprint density at radius 3 is 3.17 bits per heavy atom. The smallest absolute Gasteiger partial charge is 0.146 e. The summed E-state index contributed by atoms with van der Waals surface area (Å²) in [7, 11) is 0. The Morgan fingerprint density at radius 1 is 1.50 bits per heavy atom. The Bertz CT molecular complexity index is 544. The van der Waals surface area contributed by atoms with E-state index in [0.29, 0.717) is 17.5 Å².